The topological polar surface area (TPSA) is 46.3 Å². The first kappa shape index (κ1) is 17.2. The summed E-state index contributed by atoms with van der Waals surface area (Å²) in [5.41, 5.74) is 5.56. The Kier molecular flexibility index (Phi) is 7.28. The molecule has 1 amide bonds. The van der Waals surface area contributed by atoms with E-state index in [1.807, 2.05) is 13.8 Å². The van der Waals surface area contributed by atoms with Crippen molar-refractivity contribution in [2.45, 2.75) is 39.3 Å². The molecule has 1 atom stereocenters. The molecule has 0 unspecified atom stereocenters. The Morgan fingerprint density at radius 2 is 1.89 bits per heavy atom. The van der Waals surface area contributed by atoms with E-state index in [0.717, 1.165) is 11.3 Å². The minimum atomic E-state index is -4.22. The summed E-state index contributed by atoms with van der Waals surface area (Å²) in [5.74, 6) is 0.202. The Hall–Kier alpha value is -0.780. The third kappa shape index (κ3) is 8.33. The summed E-state index contributed by atoms with van der Waals surface area (Å²) in [5, 5.41) is 0. The lowest BCUT2D eigenvalue weighted by atomic mass is 9.94. The molecular formula is C12H23F3N2O. The quantitative estimate of drug-likeness (QED) is 0.770. The highest BCUT2D eigenvalue weighted by atomic mass is 19.4. The molecule has 0 bridgehead atoms. The van der Waals surface area contributed by atoms with Crippen molar-refractivity contribution in [3.63, 3.8) is 0 Å². The number of nitrogens with zero attached hydrogens (tertiary/aromatic N) is 1. The second-order valence-corrected chi connectivity index (χ2v) is 5.12. The molecule has 18 heavy (non-hydrogen) atoms. The van der Waals surface area contributed by atoms with Gasteiger partial charge < -0.3 is 10.6 Å². The summed E-state index contributed by atoms with van der Waals surface area (Å²) in [4.78, 5) is 12.8. The van der Waals surface area contributed by atoms with E-state index in [2.05, 4.69) is 0 Å². The maximum absolute atomic E-state index is 12.0. The Morgan fingerprint density at radius 3 is 2.28 bits per heavy atom. The third-order valence-corrected chi connectivity index (χ3v) is 2.76. The van der Waals surface area contributed by atoms with Crippen LogP contribution in [-0.4, -0.2) is 37.1 Å². The maximum atomic E-state index is 12.0. The normalized spacial score (nSPS) is 13.8. The number of rotatable bonds is 7. The van der Waals surface area contributed by atoms with Crippen LogP contribution in [0, 0.1) is 11.8 Å². The zero-order valence-electron chi connectivity index (χ0n) is 11.3. The number of carbonyl (C=O) groups is 1. The van der Waals surface area contributed by atoms with Crippen LogP contribution in [0.5, 0.6) is 0 Å². The SMILES string of the molecule is CC(C)C[C@@H](CN)CC(=O)N(C)CCC(F)(F)F. The van der Waals surface area contributed by atoms with E-state index in [9.17, 15) is 18.0 Å². The van der Waals surface area contributed by atoms with Gasteiger partial charge in [0.05, 0.1) is 6.42 Å². The van der Waals surface area contributed by atoms with Crippen molar-refractivity contribution >= 4 is 5.91 Å². The summed E-state index contributed by atoms with van der Waals surface area (Å²) in [6.45, 7) is 4.15. The second kappa shape index (κ2) is 7.61. The first-order valence-corrected chi connectivity index (χ1v) is 6.16. The molecule has 0 saturated heterocycles. The van der Waals surface area contributed by atoms with E-state index in [1.165, 1.54) is 7.05 Å². The summed E-state index contributed by atoms with van der Waals surface area (Å²) >= 11 is 0. The molecular weight excluding hydrogens is 245 g/mol. The molecule has 0 fully saturated rings. The van der Waals surface area contributed by atoms with Gasteiger partial charge in [0.2, 0.25) is 5.91 Å². The van der Waals surface area contributed by atoms with E-state index in [-0.39, 0.29) is 24.8 Å². The van der Waals surface area contributed by atoms with Gasteiger partial charge in [0.15, 0.2) is 0 Å². The number of amides is 1. The monoisotopic (exact) mass is 268 g/mol. The molecule has 0 aromatic rings. The molecule has 2 N–H and O–H groups in total. The average molecular weight is 268 g/mol. The Labute approximate surface area is 107 Å². The standard InChI is InChI=1S/C12H23F3N2O/c1-9(2)6-10(8-16)7-11(18)17(3)5-4-12(13,14)15/h9-10H,4-8,16H2,1-3H3/t10-/m1/s1. The molecule has 0 aromatic carbocycles. The summed E-state index contributed by atoms with van der Waals surface area (Å²) < 4.78 is 36.1. The first-order valence-electron chi connectivity index (χ1n) is 6.16. The van der Waals surface area contributed by atoms with Gasteiger partial charge in [-0.1, -0.05) is 13.8 Å². The lowest BCUT2D eigenvalue weighted by molar-refractivity contribution is -0.144. The minimum absolute atomic E-state index is 0.0471. The number of hydrogen-bond donors (Lipinski definition) is 1. The largest absolute Gasteiger partial charge is 0.390 e. The lowest BCUT2D eigenvalue weighted by Crippen LogP contribution is -2.33. The third-order valence-electron chi connectivity index (χ3n) is 2.76. The highest BCUT2D eigenvalue weighted by Gasteiger charge is 2.28. The highest BCUT2D eigenvalue weighted by molar-refractivity contribution is 5.76. The van der Waals surface area contributed by atoms with Gasteiger partial charge in [0.25, 0.3) is 0 Å². The van der Waals surface area contributed by atoms with Gasteiger partial charge in [0, 0.05) is 20.0 Å². The Balaban J connectivity index is 4.13. The molecule has 0 spiro atoms. The van der Waals surface area contributed by atoms with Crippen LogP contribution in [0.4, 0.5) is 13.2 Å². The smallest absolute Gasteiger partial charge is 0.345 e. The van der Waals surface area contributed by atoms with Crippen molar-refractivity contribution in [1.82, 2.24) is 4.90 Å². The number of halogens is 3. The summed E-state index contributed by atoms with van der Waals surface area (Å²) in [7, 11) is 1.40. The van der Waals surface area contributed by atoms with Crippen LogP contribution in [0.15, 0.2) is 0 Å². The van der Waals surface area contributed by atoms with E-state index in [0.29, 0.717) is 12.5 Å². The lowest BCUT2D eigenvalue weighted by Gasteiger charge is -2.22. The molecule has 0 aromatic heterocycles. The van der Waals surface area contributed by atoms with Crippen LogP contribution in [0.3, 0.4) is 0 Å². The molecule has 6 heteroatoms. The molecule has 0 aliphatic heterocycles. The number of carbonyl (C=O) groups excluding carboxylic acids is 1. The van der Waals surface area contributed by atoms with E-state index in [1.54, 1.807) is 0 Å². The molecule has 3 nitrogen and oxygen atoms in total. The van der Waals surface area contributed by atoms with Crippen LogP contribution in [0.2, 0.25) is 0 Å². The average Bonchev–Trinajstić information content (AvgIpc) is 2.22. The summed E-state index contributed by atoms with van der Waals surface area (Å²) in [6, 6.07) is 0. The van der Waals surface area contributed by atoms with E-state index >= 15 is 0 Å². The number of nitrogens with two attached hydrogens (primary N) is 1. The molecule has 0 radical (unpaired) electrons. The first-order chi connectivity index (χ1) is 8.15. The van der Waals surface area contributed by atoms with E-state index < -0.39 is 12.6 Å². The van der Waals surface area contributed by atoms with Crippen molar-refractivity contribution in [3.8, 4) is 0 Å². The molecule has 108 valence electrons. The van der Waals surface area contributed by atoms with Crippen LogP contribution in [0.1, 0.15) is 33.1 Å². The van der Waals surface area contributed by atoms with Crippen molar-refractivity contribution in [1.29, 1.82) is 0 Å². The fraction of sp³-hybridized carbons (Fsp3) is 0.917. The van der Waals surface area contributed by atoms with E-state index in [4.69, 9.17) is 5.73 Å². The maximum Gasteiger partial charge on any atom is 0.390 e. The predicted molar refractivity (Wildman–Crippen MR) is 64.9 cm³/mol. The predicted octanol–water partition coefficient (Wildman–Crippen LogP) is 2.41. The molecule has 0 saturated carbocycles. The number of hydrogen-bond acceptors (Lipinski definition) is 2. The molecule has 0 heterocycles. The van der Waals surface area contributed by atoms with Gasteiger partial charge in [-0.2, -0.15) is 13.2 Å². The molecule has 0 rings (SSSR count). The highest BCUT2D eigenvalue weighted by Crippen LogP contribution is 2.20. The Morgan fingerprint density at radius 1 is 1.33 bits per heavy atom. The van der Waals surface area contributed by atoms with Crippen molar-refractivity contribution in [2.75, 3.05) is 20.1 Å². The zero-order valence-corrected chi connectivity index (χ0v) is 11.3. The van der Waals surface area contributed by atoms with Gasteiger partial charge in [-0.15, -0.1) is 0 Å². The minimum Gasteiger partial charge on any atom is -0.345 e. The van der Waals surface area contributed by atoms with Crippen LogP contribution >= 0.6 is 0 Å². The van der Waals surface area contributed by atoms with Crippen LogP contribution < -0.4 is 5.73 Å². The fourth-order valence-electron chi connectivity index (χ4n) is 1.75. The van der Waals surface area contributed by atoms with Crippen molar-refractivity contribution < 1.29 is 18.0 Å². The van der Waals surface area contributed by atoms with Gasteiger partial charge in [-0.25, -0.2) is 0 Å². The zero-order chi connectivity index (χ0) is 14.3. The van der Waals surface area contributed by atoms with Crippen molar-refractivity contribution in [3.05, 3.63) is 0 Å². The number of alkyl halides is 3. The van der Waals surface area contributed by atoms with Gasteiger partial charge in [-0.3, -0.25) is 4.79 Å². The van der Waals surface area contributed by atoms with Gasteiger partial charge in [0.1, 0.15) is 0 Å². The fourth-order valence-corrected chi connectivity index (χ4v) is 1.75. The van der Waals surface area contributed by atoms with Gasteiger partial charge >= 0.3 is 6.18 Å². The van der Waals surface area contributed by atoms with Crippen LogP contribution in [0.25, 0.3) is 0 Å². The Bertz CT molecular complexity index is 254. The molecule has 0 aliphatic rings. The van der Waals surface area contributed by atoms with Crippen molar-refractivity contribution in [2.24, 2.45) is 17.6 Å². The molecule has 0 aliphatic carbocycles. The second-order valence-electron chi connectivity index (χ2n) is 5.12. The summed E-state index contributed by atoms with van der Waals surface area (Å²) in [6.07, 6.45) is -4.15. The van der Waals surface area contributed by atoms with Gasteiger partial charge in [-0.05, 0) is 24.8 Å². The van der Waals surface area contributed by atoms with Crippen LogP contribution in [-0.2, 0) is 4.79 Å².